The van der Waals surface area contributed by atoms with E-state index in [0.717, 1.165) is 43.4 Å². The monoisotopic (exact) mass is 521 g/mol. The number of para-hydroxylation sites is 1. The third-order valence-corrected chi connectivity index (χ3v) is 9.08. The van der Waals surface area contributed by atoms with Crippen molar-refractivity contribution in [3.05, 3.63) is 66.7 Å². The molecule has 0 spiro atoms. The van der Waals surface area contributed by atoms with Gasteiger partial charge in [-0.1, -0.05) is 30.4 Å². The van der Waals surface area contributed by atoms with Crippen LogP contribution in [0.1, 0.15) is 44.9 Å². The van der Waals surface area contributed by atoms with E-state index in [9.17, 15) is 13.2 Å². The zero-order chi connectivity index (χ0) is 25.8. The van der Waals surface area contributed by atoms with Gasteiger partial charge < -0.3 is 5.11 Å². The Morgan fingerprint density at radius 2 is 1.81 bits per heavy atom. The normalized spacial score (nSPS) is 23.1. The number of carboxylic acids is 1. The van der Waals surface area contributed by atoms with Gasteiger partial charge in [-0.05, 0) is 103 Å². The van der Waals surface area contributed by atoms with Crippen molar-refractivity contribution in [2.75, 3.05) is 0 Å². The lowest BCUT2D eigenvalue weighted by Gasteiger charge is -2.31. The molecule has 2 aliphatic rings. The highest BCUT2D eigenvalue weighted by atomic mass is 32.2. The molecule has 2 saturated carbocycles. The molecule has 37 heavy (non-hydrogen) atoms. The summed E-state index contributed by atoms with van der Waals surface area (Å²) in [4.78, 5) is 10.9. The van der Waals surface area contributed by atoms with Gasteiger partial charge in [-0.25, -0.2) is 13.1 Å². The lowest BCUT2D eigenvalue weighted by molar-refractivity contribution is -0.137. The van der Waals surface area contributed by atoms with Gasteiger partial charge in [0, 0.05) is 18.0 Å². The molecule has 0 saturated heterocycles. The van der Waals surface area contributed by atoms with E-state index in [0.29, 0.717) is 24.1 Å². The first-order valence-electron chi connectivity index (χ1n) is 12.8. The van der Waals surface area contributed by atoms with E-state index in [1.807, 2.05) is 36.4 Å². The molecule has 1 heterocycles. The molecule has 4 atom stereocenters. The second-order valence-electron chi connectivity index (χ2n) is 9.91. The Labute approximate surface area is 216 Å². The minimum atomic E-state index is -3.69. The molecular weight excluding hydrogens is 490 g/mol. The fraction of sp³-hybridized carbons (Fsp3) is 0.407. The fourth-order valence-electron chi connectivity index (χ4n) is 5.82. The van der Waals surface area contributed by atoms with E-state index in [2.05, 4.69) is 26.3 Å². The maximum Gasteiger partial charge on any atom is 0.303 e. The smallest absolute Gasteiger partial charge is 0.303 e. The summed E-state index contributed by atoms with van der Waals surface area (Å²) in [5.74, 6) is 0.907. The van der Waals surface area contributed by atoms with Crippen LogP contribution in [-0.4, -0.2) is 45.7 Å². The van der Waals surface area contributed by atoms with Crippen LogP contribution in [0.25, 0.3) is 17.1 Å². The molecule has 2 bridgehead atoms. The summed E-state index contributed by atoms with van der Waals surface area (Å²) in [6.45, 7) is 0. The van der Waals surface area contributed by atoms with Crippen LogP contribution in [0.2, 0.25) is 0 Å². The Kier molecular flexibility index (Phi) is 7.48. The molecule has 3 aromatic rings. The highest BCUT2D eigenvalue weighted by molar-refractivity contribution is 7.89. The van der Waals surface area contributed by atoms with Gasteiger partial charge in [0.2, 0.25) is 10.0 Å². The standard InChI is InChI=1S/C27H31N5O4S/c33-25(34)11-7-2-1-6-10-24-20-12-13-21(18-20)26(24)29-37(35,36)23-16-14-19(15-17-23)27-28-30-31-32(27)22-8-4-3-5-9-22/h1,3-6,8-9,14-17,20-21,24,26,29H,2,7,10-13,18H2,(H,33,34)/b6-1-/t20-,21+,24+,26+/m0/s1. The van der Waals surface area contributed by atoms with Gasteiger partial charge in [0.05, 0.1) is 10.6 Å². The van der Waals surface area contributed by atoms with E-state index in [1.54, 1.807) is 28.9 Å². The van der Waals surface area contributed by atoms with Crippen molar-refractivity contribution in [2.24, 2.45) is 17.8 Å². The maximum atomic E-state index is 13.3. The van der Waals surface area contributed by atoms with E-state index in [-0.39, 0.29) is 23.3 Å². The fourth-order valence-corrected chi connectivity index (χ4v) is 7.17. The van der Waals surface area contributed by atoms with Gasteiger partial charge in [-0.2, -0.15) is 4.68 Å². The number of hydrogen-bond acceptors (Lipinski definition) is 6. The van der Waals surface area contributed by atoms with E-state index >= 15 is 0 Å². The van der Waals surface area contributed by atoms with Crippen LogP contribution in [0.3, 0.4) is 0 Å². The molecule has 2 aliphatic carbocycles. The second kappa shape index (κ2) is 10.9. The zero-order valence-electron chi connectivity index (χ0n) is 20.5. The number of aromatic nitrogens is 4. The Balaban J connectivity index is 1.27. The number of allylic oxidation sites excluding steroid dienone is 2. The number of nitrogens with one attached hydrogen (secondary N) is 1. The van der Waals surface area contributed by atoms with Gasteiger partial charge in [-0.3, -0.25) is 4.79 Å². The number of fused-ring (bicyclic) bond motifs is 2. The SMILES string of the molecule is O=C(O)CCC/C=C\C[C@@H]1[C@H]2CC[C@H](C2)[C@H]1NS(=O)(=O)c1ccc(-c2nnnn2-c2ccccc2)cc1. The first kappa shape index (κ1) is 25.3. The van der Waals surface area contributed by atoms with Crippen LogP contribution in [0.4, 0.5) is 0 Å². The number of hydrogen-bond donors (Lipinski definition) is 2. The van der Waals surface area contributed by atoms with Crippen molar-refractivity contribution in [1.82, 2.24) is 24.9 Å². The Bertz CT molecular complexity index is 1350. The molecule has 2 fully saturated rings. The van der Waals surface area contributed by atoms with Gasteiger partial charge in [0.15, 0.2) is 5.82 Å². The Hall–Kier alpha value is -3.37. The van der Waals surface area contributed by atoms with Gasteiger partial charge in [0.25, 0.3) is 0 Å². The van der Waals surface area contributed by atoms with Crippen LogP contribution in [-0.2, 0) is 14.8 Å². The summed E-state index contributed by atoms with van der Waals surface area (Å²) in [6, 6.07) is 16.1. The van der Waals surface area contributed by atoms with Gasteiger partial charge >= 0.3 is 5.97 Å². The van der Waals surface area contributed by atoms with Gasteiger partial charge in [-0.15, -0.1) is 5.10 Å². The van der Waals surface area contributed by atoms with Crippen molar-refractivity contribution < 1.29 is 18.3 Å². The van der Waals surface area contributed by atoms with Crippen molar-refractivity contribution in [3.63, 3.8) is 0 Å². The average molecular weight is 522 g/mol. The number of carbonyl (C=O) groups is 1. The molecule has 2 aromatic carbocycles. The minimum absolute atomic E-state index is 0.0857. The zero-order valence-corrected chi connectivity index (χ0v) is 21.3. The molecule has 194 valence electrons. The van der Waals surface area contributed by atoms with Crippen LogP contribution in [0.15, 0.2) is 71.6 Å². The molecule has 0 radical (unpaired) electrons. The minimum Gasteiger partial charge on any atom is -0.481 e. The first-order valence-corrected chi connectivity index (χ1v) is 14.2. The largest absolute Gasteiger partial charge is 0.481 e. The summed E-state index contributed by atoms with van der Waals surface area (Å²) in [6.07, 6.45) is 9.70. The van der Waals surface area contributed by atoms with Crippen molar-refractivity contribution in [1.29, 1.82) is 0 Å². The van der Waals surface area contributed by atoms with E-state index < -0.39 is 16.0 Å². The van der Waals surface area contributed by atoms with Crippen molar-refractivity contribution >= 4 is 16.0 Å². The van der Waals surface area contributed by atoms with Crippen molar-refractivity contribution in [3.8, 4) is 17.1 Å². The first-order chi connectivity index (χ1) is 17.9. The van der Waals surface area contributed by atoms with Gasteiger partial charge in [0.1, 0.15) is 0 Å². The second-order valence-corrected chi connectivity index (χ2v) is 11.6. The Morgan fingerprint density at radius 3 is 2.57 bits per heavy atom. The van der Waals surface area contributed by atoms with Crippen LogP contribution < -0.4 is 4.72 Å². The highest BCUT2D eigenvalue weighted by Gasteiger charge is 2.48. The number of rotatable bonds is 11. The third-order valence-electron chi connectivity index (χ3n) is 7.61. The number of unbranched alkanes of at least 4 members (excludes halogenated alkanes) is 1. The number of carboxylic acid groups (broad SMARTS) is 1. The number of nitrogens with zero attached hydrogens (tertiary/aromatic N) is 4. The summed E-state index contributed by atoms with van der Waals surface area (Å²) < 4.78 is 31.3. The maximum absolute atomic E-state index is 13.3. The quantitative estimate of drug-likeness (QED) is 0.286. The summed E-state index contributed by atoms with van der Waals surface area (Å²) in [7, 11) is -3.69. The number of sulfonamides is 1. The van der Waals surface area contributed by atoms with Crippen LogP contribution >= 0.6 is 0 Å². The molecule has 0 amide bonds. The van der Waals surface area contributed by atoms with E-state index in [1.165, 1.54) is 0 Å². The molecule has 0 aliphatic heterocycles. The molecule has 10 heteroatoms. The van der Waals surface area contributed by atoms with Crippen LogP contribution in [0, 0.1) is 17.8 Å². The lowest BCUT2D eigenvalue weighted by Crippen LogP contribution is -2.43. The number of benzene rings is 2. The number of tetrazole rings is 1. The lowest BCUT2D eigenvalue weighted by atomic mass is 9.83. The van der Waals surface area contributed by atoms with Crippen LogP contribution in [0.5, 0.6) is 0 Å². The topological polar surface area (TPSA) is 127 Å². The highest BCUT2D eigenvalue weighted by Crippen LogP contribution is 2.50. The molecular formula is C27H31N5O4S. The number of aliphatic carboxylic acids is 1. The molecule has 1 aromatic heterocycles. The predicted molar refractivity (Wildman–Crippen MR) is 138 cm³/mol. The average Bonchev–Trinajstić information content (AvgIpc) is 3.64. The summed E-state index contributed by atoms with van der Waals surface area (Å²) in [5, 5.41) is 20.8. The molecule has 0 unspecified atom stereocenters. The summed E-state index contributed by atoms with van der Waals surface area (Å²) >= 11 is 0. The third kappa shape index (κ3) is 5.65. The van der Waals surface area contributed by atoms with Crippen molar-refractivity contribution in [2.45, 2.75) is 55.9 Å². The molecule has 9 nitrogen and oxygen atoms in total. The Morgan fingerprint density at radius 1 is 1.05 bits per heavy atom. The summed E-state index contributed by atoms with van der Waals surface area (Å²) in [5.41, 5.74) is 1.54. The van der Waals surface area contributed by atoms with E-state index in [4.69, 9.17) is 5.11 Å². The molecule has 2 N–H and O–H groups in total. The predicted octanol–water partition coefficient (Wildman–Crippen LogP) is 4.22. The molecule has 5 rings (SSSR count).